The first-order valence-electron chi connectivity index (χ1n) is 6.75. The minimum Gasteiger partial charge on any atom is -0.399 e. The van der Waals surface area contributed by atoms with Gasteiger partial charge in [-0.3, -0.25) is 0 Å². The van der Waals surface area contributed by atoms with Crippen molar-refractivity contribution < 1.29 is 14.0 Å². The molecule has 2 rings (SSSR count). The first-order chi connectivity index (χ1) is 8.77. The van der Waals surface area contributed by atoms with Crippen LogP contribution in [0.25, 0.3) is 0 Å². The molecule has 0 aliphatic carbocycles. The number of rotatable bonds is 3. The quantitative estimate of drug-likeness (QED) is 0.784. The van der Waals surface area contributed by atoms with Gasteiger partial charge in [-0.1, -0.05) is 24.3 Å². The summed E-state index contributed by atoms with van der Waals surface area (Å²) in [6.45, 7) is 10.3. The molecule has 104 valence electrons. The lowest BCUT2D eigenvalue weighted by molar-refractivity contribution is 0.00578. The average Bonchev–Trinajstić information content (AvgIpc) is 2.58. The van der Waals surface area contributed by atoms with E-state index in [1.165, 1.54) is 0 Å². The fourth-order valence-corrected chi connectivity index (χ4v) is 2.04. The van der Waals surface area contributed by atoms with Crippen LogP contribution in [0, 0.1) is 0 Å². The molecule has 1 heterocycles. The lowest BCUT2D eigenvalue weighted by atomic mass is 9.78. The molecule has 3 nitrogen and oxygen atoms in total. The highest BCUT2D eigenvalue weighted by Crippen LogP contribution is 2.36. The molecule has 0 spiro atoms. The van der Waals surface area contributed by atoms with E-state index in [0.717, 1.165) is 11.0 Å². The molecule has 19 heavy (non-hydrogen) atoms. The van der Waals surface area contributed by atoms with Crippen molar-refractivity contribution in [3.63, 3.8) is 0 Å². The summed E-state index contributed by atoms with van der Waals surface area (Å²) in [5.41, 5.74) is 1.61. The van der Waals surface area contributed by atoms with Gasteiger partial charge >= 0.3 is 7.12 Å². The molecule has 1 aromatic carbocycles. The molecule has 0 saturated carbocycles. The van der Waals surface area contributed by atoms with E-state index in [4.69, 9.17) is 14.0 Å². The Morgan fingerprint density at radius 1 is 1.00 bits per heavy atom. The molecule has 1 fully saturated rings. The van der Waals surface area contributed by atoms with Crippen molar-refractivity contribution >= 4 is 12.6 Å². The smallest absolute Gasteiger partial charge is 0.399 e. The van der Waals surface area contributed by atoms with Crippen molar-refractivity contribution in [3.8, 4) is 0 Å². The predicted octanol–water partition coefficient (Wildman–Crippen LogP) is 2.69. The van der Waals surface area contributed by atoms with Crippen LogP contribution in [0.15, 0.2) is 24.3 Å². The zero-order valence-electron chi connectivity index (χ0n) is 12.7. The molecule has 1 aliphatic rings. The SMILES string of the molecule is COC(C)c1ccc(B2OC(C)(C)C(C)(C)O2)cc1. The highest BCUT2D eigenvalue weighted by atomic mass is 16.7. The summed E-state index contributed by atoms with van der Waals surface area (Å²) >= 11 is 0. The van der Waals surface area contributed by atoms with Gasteiger partial charge in [-0.25, -0.2) is 0 Å². The Morgan fingerprint density at radius 3 is 1.89 bits per heavy atom. The van der Waals surface area contributed by atoms with Gasteiger partial charge in [0.15, 0.2) is 0 Å². The van der Waals surface area contributed by atoms with Crippen molar-refractivity contribution in [2.45, 2.75) is 51.9 Å². The van der Waals surface area contributed by atoms with Crippen LogP contribution in [-0.4, -0.2) is 25.4 Å². The first-order valence-corrected chi connectivity index (χ1v) is 6.75. The molecule has 0 radical (unpaired) electrons. The lowest BCUT2D eigenvalue weighted by Gasteiger charge is -2.32. The minimum atomic E-state index is -0.295. The Balaban J connectivity index is 2.17. The van der Waals surface area contributed by atoms with Crippen molar-refractivity contribution in [1.29, 1.82) is 0 Å². The third kappa shape index (κ3) is 2.71. The van der Waals surface area contributed by atoms with E-state index in [9.17, 15) is 0 Å². The Bertz CT molecular complexity index is 423. The van der Waals surface area contributed by atoms with E-state index < -0.39 is 0 Å². The topological polar surface area (TPSA) is 27.7 Å². The molecule has 1 atom stereocenters. The maximum Gasteiger partial charge on any atom is 0.494 e. The van der Waals surface area contributed by atoms with E-state index in [0.29, 0.717) is 0 Å². The molecule has 1 saturated heterocycles. The zero-order chi connectivity index (χ0) is 14.3. The Morgan fingerprint density at radius 2 is 1.47 bits per heavy atom. The maximum atomic E-state index is 6.02. The molecule has 4 heteroatoms. The summed E-state index contributed by atoms with van der Waals surface area (Å²) in [6, 6.07) is 8.23. The van der Waals surface area contributed by atoms with Crippen LogP contribution in [-0.2, 0) is 14.0 Å². The highest BCUT2D eigenvalue weighted by Gasteiger charge is 2.51. The monoisotopic (exact) mass is 262 g/mol. The molecular weight excluding hydrogens is 239 g/mol. The number of benzene rings is 1. The number of ether oxygens (including phenoxy) is 1. The third-order valence-electron chi connectivity index (χ3n) is 4.28. The fourth-order valence-electron chi connectivity index (χ4n) is 2.04. The van der Waals surface area contributed by atoms with Crippen LogP contribution in [0.1, 0.15) is 46.3 Å². The van der Waals surface area contributed by atoms with Crippen LogP contribution >= 0.6 is 0 Å². The van der Waals surface area contributed by atoms with Crippen LogP contribution in [0.2, 0.25) is 0 Å². The third-order valence-corrected chi connectivity index (χ3v) is 4.28. The summed E-state index contributed by atoms with van der Waals surface area (Å²) in [6.07, 6.45) is 0.104. The van der Waals surface area contributed by atoms with Crippen LogP contribution in [0.3, 0.4) is 0 Å². The first kappa shape index (κ1) is 14.6. The van der Waals surface area contributed by atoms with Crippen molar-refractivity contribution in [2.24, 2.45) is 0 Å². The number of hydrogen-bond acceptors (Lipinski definition) is 3. The van der Waals surface area contributed by atoms with Gasteiger partial charge in [0.25, 0.3) is 0 Å². The van der Waals surface area contributed by atoms with E-state index in [-0.39, 0.29) is 24.4 Å². The van der Waals surface area contributed by atoms with Crippen molar-refractivity contribution in [3.05, 3.63) is 29.8 Å². The predicted molar refractivity (Wildman–Crippen MR) is 77.6 cm³/mol. The second-order valence-corrected chi connectivity index (χ2v) is 6.13. The minimum absolute atomic E-state index is 0.104. The molecule has 0 aromatic heterocycles. The largest absolute Gasteiger partial charge is 0.494 e. The van der Waals surface area contributed by atoms with Crippen LogP contribution in [0.5, 0.6) is 0 Å². The Kier molecular flexibility index (Phi) is 3.78. The molecule has 1 aromatic rings. The van der Waals surface area contributed by atoms with Crippen LogP contribution < -0.4 is 5.46 Å². The van der Waals surface area contributed by atoms with Gasteiger partial charge in [0.1, 0.15) is 0 Å². The average molecular weight is 262 g/mol. The molecule has 0 N–H and O–H groups in total. The molecule has 1 aliphatic heterocycles. The summed E-state index contributed by atoms with van der Waals surface area (Å²) in [5.74, 6) is 0. The summed E-state index contributed by atoms with van der Waals surface area (Å²) in [4.78, 5) is 0. The van der Waals surface area contributed by atoms with E-state index in [1.807, 2.05) is 19.1 Å². The molecule has 0 bridgehead atoms. The summed E-state index contributed by atoms with van der Waals surface area (Å²) < 4.78 is 17.4. The van der Waals surface area contributed by atoms with Crippen molar-refractivity contribution in [1.82, 2.24) is 0 Å². The Labute approximate surface area is 116 Å². The van der Waals surface area contributed by atoms with Gasteiger partial charge < -0.3 is 14.0 Å². The van der Waals surface area contributed by atoms with Crippen LogP contribution in [0.4, 0.5) is 0 Å². The zero-order valence-corrected chi connectivity index (χ0v) is 12.7. The molecule has 0 amide bonds. The van der Waals surface area contributed by atoms with Gasteiger partial charge in [-0.15, -0.1) is 0 Å². The van der Waals surface area contributed by atoms with Gasteiger partial charge in [0, 0.05) is 7.11 Å². The molecular formula is C15H23BO3. The highest BCUT2D eigenvalue weighted by molar-refractivity contribution is 6.62. The summed E-state index contributed by atoms with van der Waals surface area (Å²) in [7, 11) is 1.42. The lowest BCUT2D eigenvalue weighted by Crippen LogP contribution is -2.41. The second kappa shape index (κ2) is 4.93. The molecule has 1 unspecified atom stereocenters. The second-order valence-electron chi connectivity index (χ2n) is 6.13. The summed E-state index contributed by atoms with van der Waals surface area (Å²) in [5, 5.41) is 0. The van der Waals surface area contributed by atoms with Gasteiger partial charge in [-0.2, -0.15) is 0 Å². The van der Waals surface area contributed by atoms with Gasteiger partial charge in [-0.05, 0) is 45.6 Å². The van der Waals surface area contributed by atoms with E-state index >= 15 is 0 Å². The maximum absolute atomic E-state index is 6.02. The number of methoxy groups -OCH3 is 1. The number of hydrogen-bond donors (Lipinski definition) is 0. The fraction of sp³-hybridized carbons (Fsp3) is 0.600. The normalized spacial score (nSPS) is 22.5. The van der Waals surface area contributed by atoms with Gasteiger partial charge in [0.2, 0.25) is 0 Å². The van der Waals surface area contributed by atoms with E-state index in [2.05, 4.69) is 39.8 Å². The van der Waals surface area contributed by atoms with Crippen molar-refractivity contribution in [2.75, 3.05) is 7.11 Å². The van der Waals surface area contributed by atoms with E-state index in [1.54, 1.807) is 7.11 Å². The Hall–Kier alpha value is -0.835. The standard InChI is InChI=1S/C15H23BO3/c1-11(17-6)12-7-9-13(10-8-12)16-18-14(2,3)15(4,5)19-16/h7-11H,1-6H3. The van der Waals surface area contributed by atoms with Gasteiger partial charge in [0.05, 0.1) is 17.3 Å².